The van der Waals surface area contributed by atoms with Crippen LogP contribution in [0.25, 0.3) is 0 Å². The normalized spacial score (nSPS) is 9.23. The minimum absolute atomic E-state index is 0.390. The van der Waals surface area contributed by atoms with Crippen molar-refractivity contribution in [3.05, 3.63) is 49.6 Å². The van der Waals surface area contributed by atoms with Gasteiger partial charge < -0.3 is 5.73 Å². The molecule has 72 valence electrons. The maximum Gasteiger partial charge on any atom is 0.0360 e. The monoisotopic (exact) mass is 195 g/mol. The summed E-state index contributed by atoms with van der Waals surface area (Å²) in [7, 11) is 0. The molecule has 2 heteroatoms. The van der Waals surface area contributed by atoms with Crippen molar-refractivity contribution < 1.29 is 0 Å². The quantitative estimate of drug-likeness (QED) is 0.323. The van der Waals surface area contributed by atoms with Crippen molar-refractivity contribution in [3.63, 3.8) is 0 Å². The molecule has 0 heterocycles. The Kier molecular flexibility index (Phi) is 12.3. The summed E-state index contributed by atoms with van der Waals surface area (Å²) in [5.74, 6) is 0. The van der Waals surface area contributed by atoms with Gasteiger partial charge in [0.15, 0.2) is 0 Å². The predicted octanol–water partition coefficient (Wildman–Crippen LogP) is 2.81. The van der Waals surface area contributed by atoms with Crippen LogP contribution >= 0.6 is 12.2 Å². The van der Waals surface area contributed by atoms with Gasteiger partial charge in [0.2, 0.25) is 0 Å². The van der Waals surface area contributed by atoms with E-state index < -0.39 is 0 Å². The van der Waals surface area contributed by atoms with Crippen molar-refractivity contribution in [1.82, 2.24) is 0 Å². The Morgan fingerprint density at radius 3 is 2.08 bits per heavy atom. The third-order valence-electron chi connectivity index (χ3n) is 1.02. The van der Waals surface area contributed by atoms with Crippen molar-refractivity contribution in [2.45, 2.75) is 6.92 Å². The zero-order valence-electron chi connectivity index (χ0n) is 8.12. The largest absolute Gasteiger partial charge is 0.326 e. The first-order chi connectivity index (χ1) is 6.17. The lowest BCUT2D eigenvalue weighted by molar-refractivity contribution is 1.33. The molecule has 13 heavy (non-hydrogen) atoms. The van der Waals surface area contributed by atoms with Crippen molar-refractivity contribution in [3.8, 4) is 0 Å². The predicted molar refractivity (Wildman–Crippen MR) is 66.0 cm³/mol. The van der Waals surface area contributed by atoms with Crippen LogP contribution in [0.3, 0.4) is 0 Å². The number of hydrogen-bond donors (Lipinski definition) is 1. The van der Waals surface area contributed by atoms with Gasteiger partial charge in [-0.15, -0.1) is 6.58 Å². The first kappa shape index (κ1) is 14.5. The topological polar surface area (TPSA) is 26.0 Å². The zero-order chi connectivity index (χ0) is 10.7. The molecule has 0 atom stereocenters. The second-order valence-corrected chi connectivity index (χ2v) is 2.59. The highest BCUT2D eigenvalue weighted by atomic mass is 32.1. The average molecular weight is 195 g/mol. The van der Waals surface area contributed by atoms with Crippen LogP contribution in [0.1, 0.15) is 6.92 Å². The van der Waals surface area contributed by atoms with Gasteiger partial charge in [0, 0.05) is 11.4 Å². The van der Waals surface area contributed by atoms with E-state index in [0.29, 0.717) is 6.54 Å². The lowest BCUT2D eigenvalue weighted by atomic mass is 10.2. The van der Waals surface area contributed by atoms with Gasteiger partial charge in [0.25, 0.3) is 0 Å². The molecule has 0 aliphatic rings. The summed E-state index contributed by atoms with van der Waals surface area (Å²) in [4.78, 5) is 0.718. The highest BCUT2D eigenvalue weighted by Gasteiger charge is 1.94. The van der Waals surface area contributed by atoms with Crippen LogP contribution in [0.4, 0.5) is 0 Å². The molecule has 0 aliphatic heterocycles. The molecule has 0 rings (SSSR count). The van der Waals surface area contributed by atoms with Gasteiger partial charge in [-0.2, -0.15) is 0 Å². The Morgan fingerprint density at radius 2 is 1.85 bits per heavy atom. The highest BCUT2D eigenvalue weighted by Crippen LogP contribution is 1.98. The first-order valence-electron chi connectivity index (χ1n) is 3.93. The van der Waals surface area contributed by atoms with Crippen molar-refractivity contribution >= 4 is 17.1 Å². The molecule has 0 unspecified atom stereocenters. The van der Waals surface area contributed by atoms with Gasteiger partial charge in [-0.1, -0.05) is 49.7 Å². The van der Waals surface area contributed by atoms with Crippen LogP contribution in [0.5, 0.6) is 0 Å². The first-order valence-corrected chi connectivity index (χ1v) is 4.34. The number of allylic oxidation sites excluding steroid dienone is 4. The number of nitrogens with two attached hydrogens (primary N) is 1. The molecule has 0 saturated heterocycles. The average Bonchev–Trinajstić information content (AvgIpc) is 2.14. The fourth-order valence-electron chi connectivity index (χ4n) is 0.520. The Morgan fingerprint density at radius 1 is 1.38 bits per heavy atom. The van der Waals surface area contributed by atoms with Gasteiger partial charge in [0.05, 0.1) is 0 Å². The summed E-state index contributed by atoms with van der Waals surface area (Å²) >= 11 is 4.93. The van der Waals surface area contributed by atoms with E-state index in [4.69, 9.17) is 18.0 Å². The Bertz CT molecular complexity index is 214. The molecule has 0 fully saturated rings. The van der Waals surface area contributed by atoms with E-state index in [1.165, 1.54) is 0 Å². The van der Waals surface area contributed by atoms with Crippen LogP contribution in [0.2, 0.25) is 0 Å². The van der Waals surface area contributed by atoms with Crippen molar-refractivity contribution in [2.75, 3.05) is 6.54 Å². The number of hydrogen-bond acceptors (Lipinski definition) is 2. The zero-order valence-corrected chi connectivity index (χ0v) is 8.94. The summed E-state index contributed by atoms with van der Waals surface area (Å²) in [6, 6.07) is 0. The van der Waals surface area contributed by atoms with Gasteiger partial charge in [-0.3, -0.25) is 0 Å². The Labute approximate surface area is 86.3 Å². The van der Waals surface area contributed by atoms with Crippen LogP contribution in [-0.4, -0.2) is 11.4 Å². The van der Waals surface area contributed by atoms with Crippen LogP contribution in [-0.2, 0) is 0 Å². The summed E-state index contributed by atoms with van der Waals surface area (Å²) in [6.07, 6.45) is 6.89. The molecule has 1 nitrogen and oxygen atoms in total. The van der Waals surface area contributed by atoms with Gasteiger partial charge in [0.1, 0.15) is 0 Å². The van der Waals surface area contributed by atoms with E-state index in [9.17, 15) is 0 Å². The molecule has 0 aromatic rings. The van der Waals surface area contributed by atoms with Crippen LogP contribution in [0, 0.1) is 0 Å². The molecule has 0 radical (unpaired) electrons. The molecule has 0 aromatic heterocycles. The minimum Gasteiger partial charge on any atom is -0.326 e. The third-order valence-corrected chi connectivity index (χ3v) is 1.43. The summed E-state index contributed by atoms with van der Waals surface area (Å²) in [6.45, 7) is 12.8. The molecule has 0 bridgehead atoms. The third kappa shape index (κ3) is 8.92. The fraction of sp³-hybridized carbons (Fsp3) is 0.182. The smallest absolute Gasteiger partial charge is 0.0360 e. The summed E-state index contributed by atoms with van der Waals surface area (Å²) < 4.78 is 0. The van der Waals surface area contributed by atoms with Crippen LogP contribution in [0.15, 0.2) is 49.6 Å². The van der Waals surface area contributed by atoms with E-state index in [0.717, 1.165) is 10.4 Å². The molecule has 2 N–H and O–H groups in total. The second kappa shape index (κ2) is 11.0. The Hall–Kier alpha value is -0.990. The highest BCUT2D eigenvalue weighted by molar-refractivity contribution is 7.81. The molecule has 0 saturated carbocycles. The maximum absolute atomic E-state index is 5.31. The van der Waals surface area contributed by atoms with Crippen molar-refractivity contribution in [2.24, 2.45) is 5.73 Å². The van der Waals surface area contributed by atoms with E-state index in [1.54, 1.807) is 24.3 Å². The van der Waals surface area contributed by atoms with E-state index in [2.05, 4.69) is 19.7 Å². The lowest BCUT2D eigenvalue weighted by Crippen LogP contribution is -2.12. The molecule has 0 aromatic carbocycles. The van der Waals surface area contributed by atoms with E-state index in [1.807, 2.05) is 6.92 Å². The summed E-state index contributed by atoms with van der Waals surface area (Å²) in [5, 5.41) is 0. The number of rotatable bonds is 4. The van der Waals surface area contributed by atoms with Gasteiger partial charge in [-0.25, -0.2) is 0 Å². The van der Waals surface area contributed by atoms with E-state index >= 15 is 0 Å². The minimum atomic E-state index is 0.390. The van der Waals surface area contributed by atoms with Gasteiger partial charge in [-0.05, 0) is 12.5 Å². The molecular formula is C11H17NS. The number of thiocarbonyl (C=S) groups is 1. The molecule has 0 amide bonds. The SMILES string of the molecule is C=C/C=C(\C=C)C(=S)CN.C=CC. The molecular weight excluding hydrogens is 178 g/mol. The van der Waals surface area contributed by atoms with E-state index in [-0.39, 0.29) is 0 Å². The van der Waals surface area contributed by atoms with Gasteiger partial charge >= 0.3 is 0 Å². The Balaban J connectivity index is 0. The fourth-order valence-corrected chi connectivity index (χ4v) is 0.671. The summed E-state index contributed by atoms with van der Waals surface area (Å²) in [5.41, 5.74) is 6.20. The maximum atomic E-state index is 5.31. The van der Waals surface area contributed by atoms with Crippen molar-refractivity contribution in [1.29, 1.82) is 0 Å². The second-order valence-electron chi connectivity index (χ2n) is 2.10. The molecule has 0 aliphatic carbocycles. The standard InChI is InChI=1S/C8H11NS.C3H6/c1-3-5-7(4-2)8(10)6-9;1-3-2/h3-5H,1-2,6,9H2;3H,1H2,2H3/b7-5+;. The van der Waals surface area contributed by atoms with Crippen LogP contribution < -0.4 is 5.73 Å². The lowest BCUT2D eigenvalue weighted by Gasteiger charge is -1.97. The molecule has 0 spiro atoms.